The zero-order chi connectivity index (χ0) is 66.8. The van der Waals surface area contributed by atoms with Gasteiger partial charge in [0.05, 0.1) is 38.6 Å². The molecule has 3 aliphatic rings. The van der Waals surface area contributed by atoms with E-state index in [-0.39, 0.29) is 18.9 Å². The number of aliphatic hydroxyl groups is 11. The second-order valence-electron chi connectivity index (χ2n) is 26.4. The number of amides is 1. The van der Waals surface area contributed by atoms with Gasteiger partial charge in [0.15, 0.2) is 18.9 Å². The van der Waals surface area contributed by atoms with Gasteiger partial charge in [0, 0.05) is 6.42 Å². The maximum absolute atomic E-state index is 13.4. The summed E-state index contributed by atoms with van der Waals surface area (Å²) in [6, 6.07) is -0.988. The highest BCUT2D eigenvalue weighted by molar-refractivity contribution is 5.76. The summed E-state index contributed by atoms with van der Waals surface area (Å²) >= 11 is 0. The molecule has 3 heterocycles. The van der Waals surface area contributed by atoms with E-state index in [9.17, 15) is 61.0 Å². The molecular weight excluding hydrogens is 1180 g/mol. The first kappa shape index (κ1) is 84.0. The Labute approximate surface area is 554 Å². The van der Waals surface area contributed by atoms with Gasteiger partial charge in [0.2, 0.25) is 5.91 Å². The third-order valence-electron chi connectivity index (χ3n) is 18.3. The Morgan fingerprint density at radius 2 is 0.728 bits per heavy atom. The van der Waals surface area contributed by atoms with Crippen molar-refractivity contribution in [3.05, 3.63) is 48.6 Å². The molecule has 0 bridgehead atoms. The van der Waals surface area contributed by atoms with Crippen LogP contribution in [0, 0.1) is 0 Å². The fraction of sp³-hybridized carbons (Fsp3) is 0.877. The molecule has 0 aliphatic carbocycles. The third-order valence-corrected chi connectivity index (χ3v) is 18.3. The van der Waals surface area contributed by atoms with Crippen molar-refractivity contribution in [2.75, 3.05) is 26.4 Å². The lowest BCUT2D eigenvalue weighted by Gasteiger charge is -2.48. The molecule has 3 fully saturated rings. The van der Waals surface area contributed by atoms with Crippen molar-refractivity contribution in [1.82, 2.24) is 5.32 Å². The SMILES string of the molecule is CCCCCCC/C=C\C/C=C\CCCCCCCCCCCCCCCCCCCCCCCCCC(=O)NC(COC1OC(CO)C(OC2OC(CO)C(OC3OC(CO)C(O)C(O)C3O)C(O)C2O)C(O)C1O)C(O)/C=C/CC/C=C/CCCCCCCC. The summed E-state index contributed by atoms with van der Waals surface area (Å²) in [5.74, 6) is -0.283. The first-order valence-corrected chi connectivity index (χ1v) is 36.9. The minimum absolute atomic E-state index is 0.238. The minimum atomic E-state index is -1.98. The molecule has 0 aromatic rings. The van der Waals surface area contributed by atoms with Crippen LogP contribution < -0.4 is 5.32 Å². The highest BCUT2D eigenvalue weighted by atomic mass is 16.8. The largest absolute Gasteiger partial charge is 0.394 e. The molecule has 0 spiro atoms. The number of hydrogen-bond acceptors (Lipinski definition) is 18. The number of unbranched alkanes of at least 4 members (excludes halogenated alkanes) is 35. The molecule has 0 aromatic heterocycles. The molecule has 3 aliphatic heterocycles. The van der Waals surface area contributed by atoms with E-state index in [1.807, 2.05) is 6.08 Å². The lowest BCUT2D eigenvalue weighted by molar-refractivity contribution is -0.379. The Balaban J connectivity index is 1.32. The summed E-state index contributed by atoms with van der Waals surface area (Å²) in [7, 11) is 0. The van der Waals surface area contributed by atoms with Crippen molar-refractivity contribution in [2.24, 2.45) is 0 Å². The lowest BCUT2D eigenvalue weighted by Crippen LogP contribution is -2.66. The number of carbonyl (C=O) groups is 1. The molecule has 1 amide bonds. The Morgan fingerprint density at radius 3 is 1.15 bits per heavy atom. The van der Waals surface area contributed by atoms with E-state index in [1.54, 1.807) is 6.08 Å². The van der Waals surface area contributed by atoms with Crippen molar-refractivity contribution < 1.29 is 89.4 Å². The van der Waals surface area contributed by atoms with Gasteiger partial charge in [0.25, 0.3) is 0 Å². The van der Waals surface area contributed by atoms with Crippen LogP contribution in [0.3, 0.4) is 0 Å². The van der Waals surface area contributed by atoms with Crippen LogP contribution in [0.1, 0.15) is 277 Å². The molecule has 19 nitrogen and oxygen atoms in total. The Hall–Kier alpha value is -2.25. The summed E-state index contributed by atoms with van der Waals surface area (Å²) in [6.07, 6.45) is 39.9. The van der Waals surface area contributed by atoms with E-state index < -0.39 is 124 Å². The first-order valence-electron chi connectivity index (χ1n) is 36.9. The van der Waals surface area contributed by atoms with Gasteiger partial charge >= 0.3 is 0 Å². The standard InChI is InChI=1S/C73H133NO18/c1-3-5-7-9-11-13-15-17-18-19-20-21-22-23-24-25-26-27-28-29-30-31-32-33-34-35-36-37-38-39-41-43-45-47-49-51-61(79)74-56(57(78)50-48-46-44-42-40-16-14-12-10-8-6-4-2)55-87-71-67(85)64(82)69(59(53-76)89-71)92-73-68(86)65(83)70(60(54-77)90-73)91-72-66(84)63(81)62(80)58(52-75)88-72/h15,17,19-20,40,42,48,50,56-60,62-73,75-78,80-86H,3-14,16,18,21-39,41,43-47,49,51-55H2,1-2H3,(H,74,79)/b17-15-,20-19-,42-40+,50-48+. The van der Waals surface area contributed by atoms with Crippen LogP contribution in [0.5, 0.6) is 0 Å². The van der Waals surface area contributed by atoms with E-state index in [1.165, 1.54) is 199 Å². The second-order valence-corrected chi connectivity index (χ2v) is 26.4. The lowest BCUT2D eigenvalue weighted by atomic mass is 9.96. The summed E-state index contributed by atoms with van der Waals surface area (Å²) in [5.41, 5.74) is 0. The van der Waals surface area contributed by atoms with Gasteiger partial charge in [0.1, 0.15) is 73.2 Å². The number of nitrogens with one attached hydrogen (secondary N) is 1. The maximum atomic E-state index is 13.4. The van der Waals surface area contributed by atoms with Gasteiger partial charge in [-0.15, -0.1) is 0 Å². The van der Waals surface area contributed by atoms with Crippen LogP contribution in [-0.2, 0) is 33.2 Å². The van der Waals surface area contributed by atoms with Crippen LogP contribution in [0.15, 0.2) is 48.6 Å². The van der Waals surface area contributed by atoms with Crippen molar-refractivity contribution >= 4 is 5.91 Å². The van der Waals surface area contributed by atoms with Gasteiger partial charge in [-0.3, -0.25) is 4.79 Å². The third kappa shape index (κ3) is 35.8. The van der Waals surface area contributed by atoms with Gasteiger partial charge in [-0.05, 0) is 64.2 Å². The number of aliphatic hydroxyl groups excluding tert-OH is 11. The van der Waals surface area contributed by atoms with Crippen molar-refractivity contribution in [2.45, 2.75) is 381 Å². The predicted molar refractivity (Wildman–Crippen MR) is 360 cm³/mol. The topological polar surface area (TPSA) is 307 Å². The van der Waals surface area contributed by atoms with E-state index >= 15 is 0 Å². The smallest absolute Gasteiger partial charge is 0.220 e. The highest BCUT2D eigenvalue weighted by Gasteiger charge is 2.53. The van der Waals surface area contributed by atoms with Gasteiger partial charge in [-0.2, -0.15) is 0 Å². The van der Waals surface area contributed by atoms with Gasteiger partial charge < -0.3 is 89.9 Å². The Bertz CT molecular complexity index is 1860. The summed E-state index contributed by atoms with van der Waals surface area (Å²) in [4.78, 5) is 13.4. The average Bonchev–Trinajstić information content (AvgIpc) is 0.830. The monoisotopic (exact) mass is 1310 g/mol. The Morgan fingerprint density at radius 1 is 0.391 bits per heavy atom. The van der Waals surface area contributed by atoms with E-state index in [2.05, 4.69) is 55.6 Å². The predicted octanol–water partition coefficient (Wildman–Crippen LogP) is 10.6. The number of ether oxygens (including phenoxy) is 6. The average molecular weight is 1310 g/mol. The molecule has 0 radical (unpaired) electrons. The van der Waals surface area contributed by atoms with E-state index in [4.69, 9.17) is 28.4 Å². The molecule has 0 saturated carbocycles. The van der Waals surface area contributed by atoms with Crippen LogP contribution in [0.4, 0.5) is 0 Å². The van der Waals surface area contributed by atoms with Crippen molar-refractivity contribution in [1.29, 1.82) is 0 Å². The number of carbonyl (C=O) groups excluding carboxylic acids is 1. The number of allylic oxidation sites excluding steroid dienone is 7. The first-order chi connectivity index (χ1) is 44.8. The molecule has 12 N–H and O–H groups in total. The van der Waals surface area contributed by atoms with E-state index in [0.29, 0.717) is 12.8 Å². The molecular formula is C73H133NO18. The minimum Gasteiger partial charge on any atom is -0.394 e. The molecule has 3 rings (SSSR count). The zero-order valence-corrected chi connectivity index (χ0v) is 57.0. The number of rotatable bonds is 57. The van der Waals surface area contributed by atoms with Gasteiger partial charge in [-0.25, -0.2) is 0 Å². The highest BCUT2D eigenvalue weighted by Crippen LogP contribution is 2.33. The van der Waals surface area contributed by atoms with Crippen LogP contribution in [0.25, 0.3) is 0 Å². The molecule has 3 saturated heterocycles. The molecule has 19 heteroatoms. The normalized spacial score (nSPS) is 27.9. The molecule has 17 unspecified atom stereocenters. The fourth-order valence-corrected chi connectivity index (χ4v) is 12.4. The summed E-state index contributed by atoms with van der Waals surface area (Å²) < 4.78 is 34.3. The quantitative estimate of drug-likeness (QED) is 0.0199. The molecule has 0 aromatic carbocycles. The van der Waals surface area contributed by atoms with Crippen molar-refractivity contribution in [3.63, 3.8) is 0 Å². The van der Waals surface area contributed by atoms with E-state index in [0.717, 1.165) is 44.9 Å². The zero-order valence-electron chi connectivity index (χ0n) is 57.0. The van der Waals surface area contributed by atoms with Crippen LogP contribution in [0.2, 0.25) is 0 Å². The summed E-state index contributed by atoms with van der Waals surface area (Å²) in [6.45, 7) is 1.69. The molecule has 538 valence electrons. The molecule has 17 atom stereocenters. The molecule has 92 heavy (non-hydrogen) atoms. The Kier molecular flexibility index (Phi) is 50.0. The van der Waals surface area contributed by atoms with Crippen molar-refractivity contribution in [3.8, 4) is 0 Å². The van der Waals surface area contributed by atoms with Gasteiger partial charge in [-0.1, -0.05) is 255 Å². The van der Waals surface area contributed by atoms with Crippen LogP contribution in [-0.4, -0.2) is 193 Å². The maximum Gasteiger partial charge on any atom is 0.220 e. The summed E-state index contributed by atoms with van der Waals surface area (Å²) in [5, 5.41) is 120. The number of hydrogen-bond donors (Lipinski definition) is 12. The second kappa shape index (κ2) is 54.7. The van der Waals surface area contributed by atoms with Crippen LogP contribution >= 0.6 is 0 Å². The fourth-order valence-electron chi connectivity index (χ4n) is 12.4.